The van der Waals surface area contributed by atoms with Crippen molar-refractivity contribution in [2.45, 2.75) is 53.1 Å². The second kappa shape index (κ2) is 6.55. The molecule has 0 saturated carbocycles. The Balaban J connectivity index is 1.88. The first-order valence-electron chi connectivity index (χ1n) is 8.69. The molecule has 2 unspecified atom stereocenters. The van der Waals surface area contributed by atoms with Gasteiger partial charge in [-0.3, -0.25) is 0 Å². The van der Waals surface area contributed by atoms with Gasteiger partial charge < -0.3 is 14.5 Å². The zero-order chi connectivity index (χ0) is 15.7. The van der Waals surface area contributed by atoms with Crippen LogP contribution in [-0.4, -0.2) is 62.8 Å². The third-order valence-electron chi connectivity index (χ3n) is 6.05. The van der Waals surface area contributed by atoms with E-state index in [-0.39, 0.29) is 5.41 Å². The van der Waals surface area contributed by atoms with Crippen molar-refractivity contribution in [2.75, 3.05) is 46.9 Å². The van der Waals surface area contributed by atoms with Crippen molar-refractivity contribution in [2.24, 2.45) is 16.7 Å². The zero-order valence-electron chi connectivity index (χ0n) is 15.1. The minimum atomic E-state index is 0.274. The molecule has 0 spiro atoms. The summed E-state index contributed by atoms with van der Waals surface area (Å²) in [6.45, 7) is 15.3. The van der Waals surface area contributed by atoms with Crippen LogP contribution in [0.3, 0.4) is 0 Å². The molecule has 2 rings (SSSR count). The van der Waals surface area contributed by atoms with E-state index < -0.39 is 0 Å². The number of hydrogen-bond donors (Lipinski definition) is 0. The van der Waals surface area contributed by atoms with E-state index in [1.165, 1.54) is 32.4 Å². The Labute approximate surface area is 132 Å². The Kier molecular flexibility index (Phi) is 5.38. The smallest absolute Gasteiger partial charge is 0.0753 e. The van der Waals surface area contributed by atoms with Gasteiger partial charge in [0.15, 0.2) is 0 Å². The van der Waals surface area contributed by atoms with Crippen LogP contribution < -0.4 is 0 Å². The van der Waals surface area contributed by atoms with E-state index in [0.717, 1.165) is 25.6 Å². The standard InChI is InChI=1S/C18H36N2O/c1-17(2,15-7-10-19(5)13-15)8-9-18(3,4)16-14-20(6)11-12-21-16/h15-16H,7-14H2,1-6H3. The molecule has 0 radical (unpaired) electrons. The molecule has 124 valence electrons. The molecule has 3 heteroatoms. The molecule has 0 amide bonds. The van der Waals surface area contributed by atoms with Gasteiger partial charge >= 0.3 is 0 Å². The normalized spacial score (nSPS) is 30.0. The summed E-state index contributed by atoms with van der Waals surface area (Å²) in [6, 6.07) is 0. The summed E-state index contributed by atoms with van der Waals surface area (Å²) in [5.41, 5.74) is 0.721. The predicted molar refractivity (Wildman–Crippen MR) is 89.6 cm³/mol. The van der Waals surface area contributed by atoms with Gasteiger partial charge in [-0.1, -0.05) is 27.7 Å². The monoisotopic (exact) mass is 296 g/mol. The molecule has 0 aliphatic carbocycles. The first-order valence-corrected chi connectivity index (χ1v) is 8.69. The molecule has 21 heavy (non-hydrogen) atoms. The van der Waals surface area contributed by atoms with Crippen molar-refractivity contribution in [3.05, 3.63) is 0 Å². The van der Waals surface area contributed by atoms with Crippen LogP contribution in [0, 0.1) is 16.7 Å². The lowest BCUT2D eigenvalue weighted by Gasteiger charge is -2.42. The number of hydrogen-bond acceptors (Lipinski definition) is 3. The molecule has 3 nitrogen and oxygen atoms in total. The van der Waals surface area contributed by atoms with Crippen LogP contribution in [0.2, 0.25) is 0 Å². The molecule has 2 saturated heterocycles. The van der Waals surface area contributed by atoms with Gasteiger partial charge in [0, 0.05) is 19.6 Å². The van der Waals surface area contributed by atoms with Crippen molar-refractivity contribution >= 4 is 0 Å². The molecule has 0 aromatic rings. The summed E-state index contributed by atoms with van der Waals surface area (Å²) in [5.74, 6) is 0.855. The van der Waals surface area contributed by atoms with Gasteiger partial charge in [0.05, 0.1) is 12.7 Å². The van der Waals surface area contributed by atoms with Crippen molar-refractivity contribution in [3.8, 4) is 0 Å². The lowest BCUT2D eigenvalue weighted by Crippen LogP contribution is -2.47. The van der Waals surface area contributed by atoms with Crippen LogP contribution >= 0.6 is 0 Å². The van der Waals surface area contributed by atoms with E-state index in [1.54, 1.807) is 0 Å². The Bertz CT molecular complexity index is 340. The molecule has 0 bridgehead atoms. The summed E-state index contributed by atoms with van der Waals surface area (Å²) in [5, 5.41) is 0. The zero-order valence-corrected chi connectivity index (χ0v) is 15.1. The molecular formula is C18H36N2O. The van der Waals surface area contributed by atoms with E-state index in [4.69, 9.17) is 4.74 Å². The van der Waals surface area contributed by atoms with E-state index in [0.29, 0.717) is 11.5 Å². The van der Waals surface area contributed by atoms with Crippen LogP contribution in [-0.2, 0) is 4.74 Å². The molecule has 0 aromatic carbocycles. The number of ether oxygens (including phenoxy) is 1. The number of rotatable bonds is 5. The summed E-state index contributed by atoms with van der Waals surface area (Å²) >= 11 is 0. The van der Waals surface area contributed by atoms with E-state index >= 15 is 0 Å². The molecule has 2 heterocycles. The van der Waals surface area contributed by atoms with E-state index in [9.17, 15) is 0 Å². The van der Waals surface area contributed by atoms with Crippen molar-refractivity contribution in [3.63, 3.8) is 0 Å². The molecule has 2 aliphatic heterocycles. The Hall–Kier alpha value is -0.120. The minimum Gasteiger partial charge on any atom is -0.375 e. The molecule has 0 N–H and O–H groups in total. The lowest BCUT2D eigenvalue weighted by atomic mass is 9.70. The molecule has 2 fully saturated rings. The largest absolute Gasteiger partial charge is 0.375 e. The lowest BCUT2D eigenvalue weighted by molar-refractivity contribution is -0.0849. The van der Waals surface area contributed by atoms with E-state index in [1.807, 2.05) is 0 Å². The fraction of sp³-hybridized carbons (Fsp3) is 1.00. The molecular weight excluding hydrogens is 260 g/mol. The van der Waals surface area contributed by atoms with Crippen LogP contribution in [0.4, 0.5) is 0 Å². The van der Waals surface area contributed by atoms with Gasteiger partial charge in [0.1, 0.15) is 0 Å². The third-order valence-corrected chi connectivity index (χ3v) is 6.05. The van der Waals surface area contributed by atoms with Crippen molar-refractivity contribution in [1.82, 2.24) is 9.80 Å². The van der Waals surface area contributed by atoms with Crippen molar-refractivity contribution in [1.29, 1.82) is 0 Å². The maximum absolute atomic E-state index is 6.07. The quantitative estimate of drug-likeness (QED) is 0.775. The SMILES string of the molecule is CN1CCC(C(C)(C)CCC(C)(C)C2CN(C)CCO2)C1. The van der Waals surface area contributed by atoms with Crippen molar-refractivity contribution < 1.29 is 4.74 Å². The Morgan fingerprint density at radius 3 is 2.10 bits per heavy atom. The highest BCUT2D eigenvalue weighted by Crippen LogP contribution is 2.42. The number of likely N-dealkylation sites (tertiary alicyclic amines) is 1. The summed E-state index contributed by atoms with van der Waals surface area (Å²) in [4.78, 5) is 4.89. The molecule has 2 aliphatic rings. The van der Waals surface area contributed by atoms with Gasteiger partial charge in [-0.05, 0) is 56.7 Å². The van der Waals surface area contributed by atoms with Gasteiger partial charge in [-0.25, -0.2) is 0 Å². The highest BCUT2D eigenvalue weighted by Gasteiger charge is 2.38. The van der Waals surface area contributed by atoms with Gasteiger partial charge in [0.25, 0.3) is 0 Å². The van der Waals surface area contributed by atoms with Gasteiger partial charge in [-0.2, -0.15) is 0 Å². The van der Waals surface area contributed by atoms with Crippen LogP contribution in [0.1, 0.15) is 47.0 Å². The topological polar surface area (TPSA) is 15.7 Å². The average molecular weight is 296 g/mol. The second-order valence-corrected chi connectivity index (χ2v) is 8.85. The molecule has 0 aromatic heterocycles. The fourth-order valence-corrected chi connectivity index (χ4v) is 3.83. The third kappa shape index (κ3) is 4.43. The van der Waals surface area contributed by atoms with Gasteiger partial charge in [-0.15, -0.1) is 0 Å². The first-order chi connectivity index (χ1) is 9.71. The maximum Gasteiger partial charge on any atom is 0.0753 e. The Morgan fingerprint density at radius 2 is 1.52 bits per heavy atom. The van der Waals surface area contributed by atoms with E-state index in [2.05, 4.69) is 51.6 Å². The Morgan fingerprint density at radius 1 is 0.905 bits per heavy atom. The maximum atomic E-state index is 6.07. The van der Waals surface area contributed by atoms with Crippen LogP contribution in [0.25, 0.3) is 0 Å². The molecule has 2 atom stereocenters. The summed E-state index contributed by atoms with van der Waals surface area (Å²) < 4.78 is 6.07. The first kappa shape index (κ1) is 17.2. The van der Waals surface area contributed by atoms with Gasteiger partial charge in [0.2, 0.25) is 0 Å². The van der Waals surface area contributed by atoms with Crippen LogP contribution in [0.15, 0.2) is 0 Å². The number of morpholine rings is 1. The van der Waals surface area contributed by atoms with Crippen LogP contribution in [0.5, 0.6) is 0 Å². The highest BCUT2D eigenvalue weighted by atomic mass is 16.5. The second-order valence-electron chi connectivity index (χ2n) is 8.85. The number of nitrogens with zero attached hydrogens (tertiary/aromatic N) is 2. The highest BCUT2D eigenvalue weighted by molar-refractivity contribution is 4.89. The predicted octanol–water partition coefficient (Wildman–Crippen LogP) is 3.10. The average Bonchev–Trinajstić information content (AvgIpc) is 2.84. The summed E-state index contributed by atoms with van der Waals surface area (Å²) in [6.07, 6.45) is 4.33. The minimum absolute atomic E-state index is 0.274. The fourth-order valence-electron chi connectivity index (χ4n) is 3.83. The summed E-state index contributed by atoms with van der Waals surface area (Å²) in [7, 11) is 4.47. The number of likely N-dealkylation sites (N-methyl/N-ethyl adjacent to an activating group) is 1.